The molecular weight excluding hydrogens is 536 g/mol. The molecule has 0 N–H and O–H groups in total. The maximum Gasteiger partial charge on any atom is 0.138 e. The van der Waals surface area contributed by atoms with Crippen LogP contribution >= 0.6 is 0 Å². The van der Waals surface area contributed by atoms with Gasteiger partial charge >= 0.3 is 0 Å². The predicted molar refractivity (Wildman–Crippen MR) is 184 cm³/mol. The number of allylic oxidation sites excluding steroid dienone is 5. The second-order valence-electron chi connectivity index (χ2n) is 11.6. The molecule has 210 valence electrons. The summed E-state index contributed by atoms with van der Waals surface area (Å²) in [5.41, 5.74) is 9.34. The first-order valence-electron chi connectivity index (χ1n) is 15.5. The highest BCUT2D eigenvalue weighted by Crippen LogP contribution is 2.42. The Morgan fingerprint density at radius 2 is 1.27 bits per heavy atom. The number of benzene rings is 4. The second kappa shape index (κ2) is 10.1. The van der Waals surface area contributed by atoms with Gasteiger partial charge in [0.1, 0.15) is 11.6 Å². The van der Waals surface area contributed by atoms with Gasteiger partial charge in [0.15, 0.2) is 0 Å². The molecule has 0 bridgehead atoms. The van der Waals surface area contributed by atoms with E-state index in [4.69, 9.17) is 9.98 Å². The minimum absolute atomic E-state index is 0.916. The number of rotatable bonds is 4. The molecule has 0 saturated heterocycles. The average Bonchev–Trinajstić information content (AvgIpc) is 3.62. The molecule has 44 heavy (non-hydrogen) atoms. The van der Waals surface area contributed by atoms with Crippen molar-refractivity contribution in [2.45, 2.75) is 25.7 Å². The molecule has 1 aliphatic heterocycles. The molecule has 1 aliphatic carbocycles. The van der Waals surface area contributed by atoms with Crippen LogP contribution in [-0.2, 0) is 0 Å². The van der Waals surface area contributed by atoms with Crippen molar-refractivity contribution in [1.29, 1.82) is 0 Å². The zero-order chi connectivity index (χ0) is 29.0. The molecule has 4 aromatic carbocycles. The summed E-state index contributed by atoms with van der Waals surface area (Å²) >= 11 is 0. The van der Waals surface area contributed by atoms with Crippen LogP contribution in [0.2, 0.25) is 0 Å². The topological polar surface area (TPSA) is 35.1 Å². The van der Waals surface area contributed by atoms with E-state index in [-0.39, 0.29) is 0 Å². The third-order valence-electron chi connectivity index (χ3n) is 9.08. The highest BCUT2D eigenvalue weighted by Gasteiger charge is 2.22. The lowest BCUT2D eigenvalue weighted by molar-refractivity contribution is 0.961. The Hall–Kier alpha value is -5.48. The monoisotopic (exact) mass is 566 g/mol. The Morgan fingerprint density at radius 3 is 2.02 bits per heavy atom. The molecule has 2 aliphatic rings. The van der Waals surface area contributed by atoms with Gasteiger partial charge in [0, 0.05) is 32.8 Å². The zero-order valence-corrected chi connectivity index (χ0v) is 24.3. The van der Waals surface area contributed by atoms with Gasteiger partial charge in [-0.15, -0.1) is 0 Å². The smallest absolute Gasteiger partial charge is 0.138 e. The standard InChI is InChI=1S/C40H30N4/c1-3-13-27(14-4-1)31-19-11-23-37(41-31)43-33-21-9-7-17-29(33)39-35(43)25-26-36-40(39)30-18-8-10-22-34(30)44(36)38-24-12-20-32(42-38)28-15-5-2-6-16-28/h1-5,7-11,13-15,17-19,21-26H,6,12,16,20H2. The SMILES string of the molecule is C1=CCCC(C2=NC(n3c4ccccc4c4c5c6ccccc6n(-c6cccc(-c7ccccc7)n6)c5ccc43)=CCC2)=C1. The largest absolute Gasteiger partial charge is 0.294 e. The van der Waals surface area contributed by atoms with Gasteiger partial charge in [-0.3, -0.25) is 9.13 Å². The van der Waals surface area contributed by atoms with Crippen molar-refractivity contribution >= 4 is 55.1 Å². The Bertz CT molecular complexity index is 2380. The van der Waals surface area contributed by atoms with Crippen molar-refractivity contribution < 1.29 is 0 Å². The third kappa shape index (κ3) is 3.84. The number of aromatic nitrogens is 3. The Kier molecular flexibility index (Phi) is 5.73. The van der Waals surface area contributed by atoms with Crippen LogP contribution in [0.4, 0.5) is 0 Å². The summed E-state index contributed by atoms with van der Waals surface area (Å²) in [7, 11) is 0. The van der Waals surface area contributed by atoms with Gasteiger partial charge in [0.05, 0.1) is 27.8 Å². The molecule has 0 fully saturated rings. The zero-order valence-electron chi connectivity index (χ0n) is 24.3. The minimum atomic E-state index is 0.916. The van der Waals surface area contributed by atoms with E-state index in [1.54, 1.807) is 0 Å². The Morgan fingerprint density at radius 1 is 0.568 bits per heavy atom. The number of hydrogen-bond acceptors (Lipinski definition) is 2. The van der Waals surface area contributed by atoms with Crippen LogP contribution in [-0.4, -0.2) is 19.8 Å². The van der Waals surface area contributed by atoms with E-state index < -0.39 is 0 Å². The molecule has 0 radical (unpaired) electrons. The van der Waals surface area contributed by atoms with E-state index >= 15 is 0 Å². The molecule has 0 unspecified atom stereocenters. The molecule has 0 atom stereocenters. The quantitative estimate of drug-likeness (QED) is 0.209. The maximum absolute atomic E-state index is 5.31. The van der Waals surface area contributed by atoms with E-state index in [0.717, 1.165) is 59.6 Å². The maximum atomic E-state index is 5.31. The van der Waals surface area contributed by atoms with Crippen LogP contribution in [0.5, 0.6) is 0 Å². The van der Waals surface area contributed by atoms with Crippen molar-refractivity contribution in [3.05, 3.63) is 139 Å². The van der Waals surface area contributed by atoms with Gasteiger partial charge in [0.25, 0.3) is 0 Å². The van der Waals surface area contributed by atoms with E-state index in [9.17, 15) is 0 Å². The number of hydrogen-bond donors (Lipinski definition) is 0. The van der Waals surface area contributed by atoms with Crippen LogP contribution in [0, 0.1) is 0 Å². The first-order valence-corrected chi connectivity index (χ1v) is 15.5. The van der Waals surface area contributed by atoms with Crippen molar-refractivity contribution in [3.8, 4) is 17.1 Å². The molecule has 4 heterocycles. The Balaban J connectivity index is 1.32. The van der Waals surface area contributed by atoms with Crippen LogP contribution in [0.1, 0.15) is 25.7 Å². The van der Waals surface area contributed by atoms with Crippen molar-refractivity contribution in [1.82, 2.24) is 14.1 Å². The molecule has 4 heteroatoms. The van der Waals surface area contributed by atoms with E-state index in [0.29, 0.717) is 0 Å². The molecule has 0 spiro atoms. The van der Waals surface area contributed by atoms with Crippen molar-refractivity contribution in [3.63, 3.8) is 0 Å². The lowest BCUT2D eigenvalue weighted by Gasteiger charge is -2.18. The van der Waals surface area contributed by atoms with Gasteiger partial charge in [-0.25, -0.2) is 9.98 Å². The molecule has 3 aromatic heterocycles. The summed E-state index contributed by atoms with van der Waals surface area (Å²) in [6, 6.07) is 38.8. The molecule has 9 rings (SSSR count). The highest BCUT2D eigenvalue weighted by molar-refractivity contribution is 6.29. The summed E-state index contributed by atoms with van der Waals surface area (Å²) in [6.45, 7) is 0. The van der Waals surface area contributed by atoms with Crippen LogP contribution in [0.25, 0.3) is 66.5 Å². The predicted octanol–water partition coefficient (Wildman–Crippen LogP) is 10.3. The fraction of sp³-hybridized carbons (Fsp3) is 0.100. The van der Waals surface area contributed by atoms with E-state index in [1.807, 2.05) is 6.07 Å². The molecule has 0 amide bonds. The number of nitrogens with zero attached hydrogens (tertiary/aromatic N) is 4. The lowest BCUT2D eigenvalue weighted by Crippen LogP contribution is -2.10. The lowest BCUT2D eigenvalue weighted by atomic mass is 9.96. The summed E-state index contributed by atoms with van der Waals surface area (Å²) in [5, 5.41) is 4.98. The summed E-state index contributed by atoms with van der Waals surface area (Å²) < 4.78 is 4.70. The number of aliphatic imine (C=N–C) groups is 1. The first-order chi connectivity index (χ1) is 21.8. The molecule has 7 aromatic rings. The molecular formula is C40H30N4. The van der Waals surface area contributed by atoms with Crippen LogP contribution in [0.15, 0.2) is 144 Å². The number of para-hydroxylation sites is 2. The van der Waals surface area contributed by atoms with E-state index in [1.165, 1.54) is 43.9 Å². The Labute approximate surface area is 255 Å². The summed E-state index contributed by atoms with van der Waals surface area (Å²) in [6.07, 6.45) is 13.1. The molecule has 4 nitrogen and oxygen atoms in total. The molecule has 0 saturated carbocycles. The van der Waals surface area contributed by atoms with E-state index in [2.05, 4.69) is 137 Å². The number of pyridine rings is 1. The van der Waals surface area contributed by atoms with Crippen LogP contribution in [0.3, 0.4) is 0 Å². The van der Waals surface area contributed by atoms with Gasteiger partial charge in [0.2, 0.25) is 0 Å². The van der Waals surface area contributed by atoms with Crippen molar-refractivity contribution in [2.75, 3.05) is 0 Å². The average molecular weight is 567 g/mol. The van der Waals surface area contributed by atoms with Crippen molar-refractivity contribution in [2.24, 2.45) is 4.99 Å². The van der Waals surface area contributed by atoms with Gasteiger partial charge in [-0.05, 0) is 73.7 Å². The van der Waals surface area contributed by atoms with Crippen LogP contribution < -0.4 is 0 Å². The second-order valence-corrected chi connectivity index (χ2v) is 11.6. The minimum Gasteiger partial charge on any atom is -0.294 e. The fourth-order valence-electron chi connectivity index (χ4n) is 7.12. The highest BCUT2D eigenvalue weighted by atomic mass is 15.1. The summed E-state index contributed by atoms with van der Waals surface area (Å²) in [4.78, 5) is 10.5. The summed E-state index contributed by atoms with van der Waals surface area (Å²) in [5.74, 6) is 1.94. The normalized spacial score (nSPS) is 15.2. The van der Waals surface area contributed by atoms with Gasteiger partial charge in [-0.2, -0.15) is 0 Å². The van der Waals surface area contributed by atoms with Gasteiger partial charge in [-0.1, -0.05) is 91.0 Å². The number of fused-ring (bicyclic) bond motifs is 7. The van der Waals surface area contributed by atoms with Gasteiger partial charge < -0.3 is 0 Å². The fourth-order valence-corrected chi connectivity index (χ4v) is 7.12. The first kappa shape index (κ1) is 25.1. The third-order valence-corrected chi connectivity index (χ3v) is 9.08.